The molecule has 1 rings (SSSR count). The number of ketones is 2. The number of carbonyl (C=O) groups is 2. The molecule has 1 atom stereocenters. The third-order valence-corrected chi connectivity index (χ3v) is 2.01. The molecule has 60 valence electrons. The first-order valence-electron chi connectivity index (χ1n) is 3.80. The molecule has 11 heavy (non-hydrogen) atoms. The molecule has 0 aromatic heterocycles. The first kappa shape index (κ1) is 8.18. The number of rotatable bonds is 2. The van der Waals surface area contributed by atoms with E-state index in [0.717, 1.165) is 5.57 Å². The van der Waals surface area contributed by atoms with Crippen molar-refractivity contribution in [3.8, 4) is 0 Å². The molecule has 0 fully saturated rings. The minimum absolute atomic E-state index is 0.161. The molecular weight excluding hydrogens is 140 g/mol. The molecule has 2 nitrogen and oxygen atoms in total. The summed E-state index contributed by atoms with van der Waals surface area (Å²) in [6, 6.07) is 0. The second-order valence-corrected chi connectivity index (χ2v) is 3.16. The van der Waals surface area contributed by atoms with E-state index in [1.54, 1.807) is 13.0 Å². The maximum absolute atomic E-state index is 10.9. The number of allylic oxidation sites excluding steroid dienone is 2. The van der Waals surface area contributed by atoms with E-state index in [9.17, 15) is 9.59 Å². The zero-order valence-corrected chi connectivity index (χ0v) is 6.89. The molecule has 0 heterocycles. The predicted molar refractivity (Wildman–Crippen MR) is 42.2 cm³/mol. The molecule has 1 unspecified atom stereocenters. The Morgan fingerprint density at radius 1 is 1.73 bits per heavy atom. The standard InChI is InChI=1S/C9H12O2/c1-6-3-9(11)5-8(6)4-7(2)10/h3,8H,4-5H2,1-2H3. The SMILES string of the molecule is CC(=O)CC1CC(=O)C=C1C. The topological polar surface area (TPSA) is 34.1 Å². The van der Waals surface area contributed by atoms with Crippen LogP contribution in [0.4, 0.5) is 0 Å². The summed E-state index contributed by atoms with van der Waals surface area (Å²) in [6.07, 6.45) is 2.70. The molecule has 1 aliphatic rings. The van der Waals surface area contributed by atoms with Gasteiger partial charge < -0.3 is 4.79 Å². The van der Waals surface area contributed by atoms with Gasteiger partial charge in [0.25, 0.3) is 0 Å². The van der Waals surface area contributed by atoms with E-state index in [1.807, 2.05) is 6.92 Å². The van der Waals surface area contributed by atoms with Crippen LogP contribution < -0.4 is 0 Å². The number of carbonyl (C=O) groups excluding carboxylic acids is 2. The summed E-state index contributed by atoms with van der Waals surface area (Å²) in [5.41, 5.74) is 1.06. The van der Waals surface area contributed by atoms with Crippen molar-refractivity contribution in [3.05, 3.63) is 11.6 Å². The predicted octanol–water partition coefficient (Wildman–Crippen LogP) is 1.50. The molecule has 0 bridgehead atoms. The minimum Gasteiger partial charge on any atom is -0.300 e. The highest BCUT2D eigenvalue weighted by atomic mass is 16.1. The molecule has 0 spiro atoms. The third-order valence-electron chi connectivity index (χ3n) is 2.01. The number of Topliss-reactive ketones (excluding diaryl/α,β-unsaturated/α-hetero) is 1. The van der Waals surface area contributed by atoms with Gasteiger partial charge in [0.05, 0.1) is 0 Å². The molecule has 0 amide bonds. The Morgan fingerprint density at radius 2 is 2.36 bits per heavy atom. The fourth-order valence-corrected chi connectivity index (χ4v) is 1.41. The van der Waals surface area contributed by atoms with Gasteiger partial charge >= 0.3 is 0 Å². The van der Waals surface area contributed by atoms with Crippen LogP contribution in [0.15, 0.2) is 11.6 Å². The Balaban J connectivity index is 2.57. The van der Waals surface area contributed by atoms with E-state index in [4.69, 9.17) is 0 Å². The monoisotopic (exact) mass is 152 g/mol. The average Bonchev–Trinajstić information content (AvgIpc) is 2.09. The summed E-state index contributed by atoms with van der Waals surface area (Å²) in [5, 5.41) is 0. The van der Waals surface area contributed by atoms with Crippen LogP contribution in [0.5, 0.6) is 0 Å². The Morgan fingerprint density at radius 3 is 2.73 bits per heavy atom. The maximum atomic E-state index is 10.9. The van der Waals surface area contributed by atoms with E-state index in [1.165, 1.54) is 0 Å². The fraction of sp³-hybridized carbons (Fsp3) is 0.556. The second kappa shape index (κ2) is 2.99. The van der Waals surface area contributed by atoms with Gasteiger partial charge in [0.15, 0.2) is 5.78 Å². The van der Waals surface area contributed by atoms with Crippen LogP contribution in [0, 0.1) is 5.92 Å². The van der Waals surface area contributed by atoms with Gasteiger partial charge in [-0.1, -0.05) is 5.57 Å². The second-order valence-electron chi connectivity index (χ2n) is 3.16. The van der Waals surface area contributed by atoms with Crippen molar-refractivity contribution in [3.63, 3.8) is 0 Å². The first-order valence-corrected chi connectivity index (χ1v) is 3.80. The minimum atomic E-state index is 0.161. The van der Waals surface area contributed by atoms with Crippen LogP contribution in [-0.4, -0.2) is 11.6 Å². The smallest absolute Gasteiger partial charge is 0.156 e. The molecule has 0 aromatic rings. The van der Waals surface area contributed by atoms with Gasteiger partial charge in [0.1, 0.15) is 5.78 Å². The summed E-state index contributed by atoms with van der Waals surface area (Å²) in [5.74, 6) is 0.520. The van der Waals surface area contributed by atoms with Crippen molar-refractivity contribution in [2.75, 3.05) is 0 Å². The lowest BCUT2D eigenvalue weighted by molar-refractivity contribution is -0.118. The summed E-state index contributed by atoms with van der Waals surface area (Å²) < 4.78 is 0. The Bertz CT molecular complexity index is 226. The van der Waals surface area contributed by atoms with Crippen LogP contribution >= 0.6 is 0 Å². The van der Waals surface area contributed by atoms with Crippen LogP contribution in [-0.2, 0) is 9.59 Å². The van der Waals surface area contributed by atoms with Crippen LogP contribution in [0.25, 0.3) is 0 Å². The molecule has 0 aliphatic heterocycles. The van der Waals surface area contributed by atoms with E-state index >= 15 is 0 Å². The summed E-state index contributed by atoms with van der Waals surface area (Å²) >= 11 is 0. The highest BCUT2D eigenvalue weighted by Gasteiger charge is 2.22. The van der Waals surface area contributed by atoms with Gasteiger partial charge in [-0.3, -0.25) is 4.79 Å². The van der Waals surface area contributed by atoms with E-state index in [-0.39, 0.29) is 17.5 Å². The largest absolute Gasteiger partial charge is 0.300 e. The van der Waals surface area contributed by atoms with Crippen molar-refractivity contribution >= 4 is 11.6 Å². The lowest BCUT2D eigenvalue weighted by Gasteiger charge is -2.06. The van der Waals surface area contributed by atoms with Gasteiger partial charge in [-0.25, -0.2) is 0 Å². The maximum Gasteiger partial charge on any atom is 0.156 e. The fourth-order valence-electron chi connectivity index (χ4n) is 1.41. The quantitative estimate of drug-likeness (QED) is 0.601. The van der Waals surface area contributed by atoms with Gasteiger partial charge in [-0.05, 0) is 25.8 Å². The molecular formula is C9H12O2. The lowest BCUT2D eigenvalue weighted by Crippen LogP contribution is -2.04. The molecule has 0 N–H and O–H groups in total. The van der Waals surface area contributed by atoms with E-state index in [0.29, 0.717) is 12.8 Å². The summed E-state index contributed by atoms with van der Waals surface area (Å²) in [6.45, 7) is 3.48. The first-order chi connectivity index (χ1) is 5.09. The molecule has 0 saturated heterocycles. The van der Waals surface area contributed by atoms with Gasteiger partial charge in [0, 0.05) is 12.8 Å². The van der Waals surface area contributed by atoms with Crippen molar-refractivity contribution in [2.24, 2.45) is 5.92 Å². The van der Waals surface area contributed by atoms with Crippen molar-refractivity contribution in [2.45, 2.75) is 26.7 Å². The normalized spacial score (nSPS) is 23.6. The number of hydrogen-bond acceptors (Lipinski definition) is 2. The lowest BCUT2D eigenvalue weighted by atomic mass is 9.97. The molecule has 0 aromatic carbocycles. The van der Waals surface area contributed by atoms with E-state index in [2.05, 4.69) is 0 Å². The zero-order chi connectivity index (χ0) is 8.43. The third kappa shape index (κ3) is 2.00. The van der Waals surface area contributed by atoms with Gasteiger partial charge in [0.2, 0.25) is 0 Å². The highest BCUT2D eigenvalue weighted by molar-refractivity contribution is 5.94. The Hall–Kier alpha value is -0.920. The molecule has 2 heteroatoms. The van der Waals surface area contributed by atoms with Crippen LogP contribution in [0.2, 0.25) is 0 Å². The average molecular weight is 152 g/mol. The van der Waals surface area contributed by atoms with Gasteiger partial charge in [-0.2, -0.15) is 0 Å². The number of hydrogen-bond donors (Lipinski definition) is 0. The van der Waals surface area contributed by atoms with Crippen LogP contribution in [0.3, 0.4) is 0 Å². The van der Waals surface area contributed by atoms with Crippen molar-refractivity contribution in [1.29, 1.82) is 0 Å². The van der Waals surface area contributed by atoms with Gasteiger partial charge in [-0.15, -0.1) is 0 Å². The highest BCUT2D eigenvalue weighted by Crippen LogP contribution is 2.25. The summed E-state index contributed by atoms with van der Waals surface area (Å²) in [4.78, 5) is 21.6. The Labute approximate surface area is 66.3 Å². The molecule has 0 radical (unpaired) electrons. The molecule has 0 saturated carbocycles. The van der Waals surface area contributed by atoms with Crippen LogP contribution in [0.1, 0.15) is 26.7 Å². The molecule has 1 aliphatic carbocycles. The van der Waals surface area contributed by atoms with Crippen molar-refractivity contribution < 1.29 is 9.59 Å². The zero-order valence-electron chi connectivity index (χ0n) is 6.89. The van der Waals surface area contributed by atoms with Crippen molar-refractivity contribution in [1.82, 2.24) is 0 Å². The Kier molecular flexibility index (Phi) is 2.22. The summed E-state index contributed by atoms with van der Waals surface area (Å²) in [7, 11) is 0. The van der Waals surface area contributed by atoms with E-state index < -0.39 is 0 Å².